The second kappa shape index (κ2) is 3.58. The molecule has 0 fully saturated rings. The number of aromatic carboxylic acids is 1. The summed E-state index contributed by atoms with van der Waals surface area (Å²) in [7, 11) is -3.51. The molecule has 1 heterocycles. The molecule has 0 spiro atoms. The third-order valence-corrected chi connectivity index (χ3v) is 2.64. The molecule has 0 bridgehead atoms. The molecule has 1 rings (SSSR count). The summed E-state index contributed by atoms with van der Waals surface area (Å²) < 4.78 is 22.3. The molecule has 6 nitrogen and oxygen atoms in total. The third-order valence-electron chi connectivity index (χ3n) is 1.80. The first-order chi connectivity index (χ1) is 6.73. The summed E-state index contributed by atoms with van der Waals surface area (Å²) in [6.07, 6.45) is 0.974. The number of carbonyl (C=O) groups is 1. The molecule has 0 aliphatic heterocycles. The van der Waals surface area contributed by atoms with Crippen LogP contribution in [0, 0.1) is 13.8 Å². The molecule has 7 heteroatoms. The Kier molecular flexibility index (Phi) is 2.76. The SMILES string of the molecule is Cc1nc(S(C)(=O)=O)nc(C)c1C(=O)O. The van der Waals surface area contributed by atoms with E-state index in [1.165, 1.54) is 13.8 Å². The molecule has 1 aromatic heterocycles. The van der Waals surface area contributed by atoms with Crippen molar-refractivity contribution < 1.29 is 18.3 Å². The van der Waals surface area contributed by atoms with Crippen molar-refractivity contribution in [3.63, 3.8) is 0 Å². The fraction of sp³-hybridized carbons (Fsp3) is 0.375. The fourth-order valence-electron chi connectivity index (χ4n) is 1.16. The topological polar surface area (TPSA) is 97.2 Å². The lowest BCUT2D eigenvalue weighted by molar-refractivity contribution is 0.0694. The van der Waals surface area contributed by atoms with Crippen LogP contribution in [-0.2, 0) is 9.84 Å². The highest BCUT2D eigenvalue weighted by Gasteiger charge is 2.19. The van der Waals surface area contributed by atoms with Crippen molar-refractivity contribution in [1.82, 2.24) is 9.97 Å². The van der Waals surface area contributed by atoms with Crippen LogP contribution in [0.25, 0.3) is 0 Å². The second-order valence-corrected chi connectivity index (χ2v) is 5.04. The van der Waals surface area contributed by atoms with Gasteiger partial charge in [0, 0.05) is 6.26 Å². The molecule has 82 valence electrons. The Labute approximate surface area is 86.9 Å². The van der Waals surface area contributed by atoms with Gasteiger partial charge in [-0.3, -0.25) is 0 Å². The number of rotatable bonds is 2. The first kappa shape index (κ1) is 11.6. The fourth-order valence-corrected chi connectivity index (χ4v) is 1.77. The van der Waals surface area contributed by atoms with E-state index in [0.717, 1.165) is 6.26 Å². The van der Waals surface area contributed by atoms with E-state index in [1.54, 1.807) is 0 Å². The maximum Gasteiger partial charge on any atom is 0.339 e. The molecule has 15 heavy (non-hydrogen) atoms. The summed E-state index contributed by atoms with van der Waals surface area (Å²) in [5, 5.41) is 8.47. The lowest BCUT2D eigenvalue weighted by atomic mass is 10.2. The van der Waals surface area contributed by atoms with Crippen molar-refractivity contribution in [2.75, 3.05) is 6.26 Å². The van der Waals surface area contributed by atoms with Gasteiger partial charge < -0.3 is 5.11 Å². The molecule has 0 amide bonds. The number of carboxylic acid groups (broad SMARTS) is 1. The Hall–Kier alpha value is -1.50. The van der Waals surface area contributed by atoms with Crippen LogP contribution in [0.1, 0.15) is 21.7 Å². The van der Waals surface area contributed by atoms with Crippen molar-refractivity contribution in [2.45, 2.75) is 19.0 Å². The van der Waals surface area contributed by atoms with Gasteiger partial charge in [0.25, 0.3) is 0 Å². The molecule has 0 unspecified atom stereocenters. The standard InChI is InChI=1S/C8H10N2O4S/c1-4-6(7(11)12)5(2)10-8(9-4)15(3,13)14/h1-3H3,(H,11,12). The van der Waals surface area contributed by atoms with Gasteiger partial charge in [-0.25, -0.2) is 23.2 Å². The minimum absolute atomic E-state index is 0.0533. The largest absolute Gasteiger partial charge is 0.478 e. The van der Waals surface area contributed by atoms with Gasteiger partial charge in [0.05, 0.1) is 11.4 Å². The van der Waals surface area contributed by atoms with Crippen LogP contribution in [0.5, 0.6) is 0 Å². The molecule has 1 aromatic rings. The summed E-state index contributed by atoms with van der Waals surface area (Å²) in [5.41, 5.74) is 0.244. The van der Waals surface area contributed by atoms with E-state index >= 15 is 0 Å². The third kappa shape index (κ3) is 2.30. The highest BCUT2D eigenvalue weighted by Crippen LogP contribution is 2.12. The second-order valence-electron chi connectivity index (χ2n) is 3.13. The van der Waals surface area contributed by atoms with E-state index in [0.29, 0.717) is 0 Å². The Balaban J connectivity index is 3.52. The lowest BCUT2D eigenvalue weighted by Crippen LogP contribution is -2.12. The van der Waals surface area contributed by atoms with Gasteiger partial charge in [-0.2, -0.15) is 0 Å². The van der Waals surface area contributed by atoms with E-state index in [4.69, 9.17) is 5.11 Å². The number of carboxylic acids is 1. The van der Waals surface area contributed by atoms with E-state index in [1.807, 2.05) is 0 Å². The first-order valence-electron chi connectivity index (χ1n) is 4.02. The van der Waals surface area contributed by atoms with E-state index in [-0.39, 0.29) is 22.1 Å². The number of sulfone groups is 1. The van der Waals surface area contributed by atoms with Crippen LogP contribution in [0.4, 0.5) is 0 Å². The van der Waals surface area contributed by atoms with Gasteiger partial charge in [-0.05, 0) is 13.8 Å². The Morgan fingerprint density at radius 3 is 1.87 bits per heavy atom. The highest BCUT2D eigenvalue weighted by atomic mass is 32.2. The van der Waals surface area contributed by atoms with Gasteiger partial charge in [-0.1, -0.05) is 0 Å². The van der Waals surface area contributed by atoms with Gasteiger partial charge in [0.15, 0.2) is 0 Å². The number of hydrogen-bond acceptors (Lipinski definition) is 5. The van der Waals surface area contributed by atoms with Crippen LogP contribution in [0.3, 0.4) is 0 Å². The molecular weight excluding hydrogens is 220 g/mol. The van der Waals surface area contributed by atoms with Gasteiger partial charge in [0.2, 0.25) is 15.0 Å². The minimum atomic E-state index is -3.51. The van der Waals surface area contributed by atoms with Crippen LogP contribution in [0.15, 0.2) is 5.16 Å². The maximum atomic E-state index is 11.1. The van der Waals surface area contributed by atoms with Gasteiger partial charge >= 0.3 is 5.97 Å². The number of hydrogen-bond donors (Lipinski definition) is 1. The van der Waals surface area contributed by atoms with Crippen LogP contribution >= 0.6 is 0 Å². The zero-order valence-electron chi connectivity index (χ0n) is 8.47. The van der Waals surface area contributed by atoms with Gasteiger partial charge in [0.1, 0.15) is 5.56 Å². The Morgan fingerprint density at radius 2 is 1.60 bits per heavy atom. The van der Waals surface area contributed by atoms with Crippen LogP contribution < -0.4 is 0 Å². The van der Waals surface area contributed by atoms with E-state index in [2.05, 4.69) is 9.97 Å². The molecule has 1 N–H and O–H groups in total. The summed E-state index contributed by atoms with van der Waals surface area (Å²) in [6.45, 7) is 2.87. The molecule has 0 radical (unpaired) electrons. The summed E-state index contributed by atoms with van der Waals surface area (Å²) >= 11 is 0. The Bertz CT molecular complexity index is 498. The highest BCUT2D eigenvalue weighted by molar-refractivity contribution is 7.90. The average Bonchev–Trinajstić information content (AvgIpc) is 1.99. The van der Waals surface area contributed by atoms with Crippen molar-refractivity contribution in [3.8, 4) is 0 Å². The number of nitrogens with zero attached hydrogens (tertiary/aromatic N) is 2. The predicted molar refractivity (Wildman–Crippen MR) is 51.6 cm³/mol. The maximum absolute atomic E-state index is 11.1. The summed E-state index contributed by atoms with van der Waals surface area (Å²) in [6, 6.07) is 0. The summed E-state index contributed by atoms with van der Waals surface area (Å²) in [5.74, 6) is -1.16. The smallest absolute Gasteiger partial charge is 0.339 e. The predicted octanol–water partition coefficient (Wildman–Crippen LogP) is 0.195. The average molecular weight is 230 g/mol. The molecule has 0 aromatic carbocycles. The van der Waals surface area contributed by atoms with Gasteiger partial charge in [-0.15, -0.1) is 0 Å². The first-order valence-corrected chi connectivity index (χ1v) is 5.91. The van der Waals surface area contributed by atoms with E-state index in [9.17, 15) is 13.2 Å². The molecule has 0 saturated carbocycles. The minimum Gasteiger partial charge on any atom is -0.478 e. The lowest BCUT2D eigenvalue weighted by Gasteiger charge is -2.05. The van der Waals surface area contributed by atoms with E-state index < -0.39 is 15.8 Å². The quantitative estimate of drug-likeness (QED) is 0.728. The summed E-state index contributed by atoms with van der Waals surface area (Å²) in [4.78, 5) is 18.1. The van der Waals surface area contributed by atoms with Crippen molar-refractivity contribution in [2.24, 2.45) is 0 Å². The van der Waals surface area contributed by atoms with Crippen molar-refractivity contribution >= 4 is 15.8 Å². The van der Waals surface area contributed by atoms with Crippen LogP contribution in [0.2, 0.25) is 0 Å². The monoisotopic (exact) mass is 230 g/mol. The Morgan fingerprint density at radius 1 is 1.20 bits per heavy atom. The molecule has 0 aliphatic carbocycles. The molecular formula is C8H10N2O4S. The number of aryl methyl sites for hydroxylation is 2. The van der Waals surface area contributed by atoms with Crippen molar-refractivity contribution in [3.05, 3.63) is 17.0 Å². The normalized spacial score (nSPS) is 11.4. The molecule has 0 saturated heterocycles. The zero-order valence-corrected chi connectivity index (χ0v) is 9.29. The molecule has 0 atom stereocenters. The number of aromatic nitrogens is 2. The van der Waals surface area contributed by atoms with Crippen LogP contribution in [-0.4, -0.2) is 35.7 Å². The van der Waals surface area contributed by atoms with Crippen molar-refractivity contribution in [1.29, 1.82) is 0 Å². The molecule has 0 aliphatic rings. The zero-order chi connectivity index (χ0) is 11.8.